The first-order valence-corrected chi connectivity index (χ1v) is 11.3. The van der Waals surface area contributed by atoms with Crippen LogP contribution in [-0.2, 0) is 0 Å². The SMILES string of the molecule is CCN(C(=O)NC(CCC(F)(F)F)C(F)(F)F)[C@H](C)c1cnc(C)c(-c2cn3ccnc3c(OC)n2)c1. The van der Waals surface area contributed by atoms with E-state index in [1.54, 1.807) is 55.1 Å². The van der Waals surface area contributed by atoms with Gasteiger partial charge >= 0.3 is 18.4 Å². The van der Waals surface area contributed by atoms with E-state index in [0.29, 0.717) is 28.2 Å². The van der Waals surface area contributed by atoms with Crippen molar-refractivity contribution in [2.45, 2.75) is 58.0 Å². The van der Waals surface area contributed by atoms with E-state index in [-0.39, 0.29) is 12.4 Å². The fourth-order valence-corrected chi connectivity index (χ4v) is 3.84. The summed E-state index contributed by atoms with van der Waals surface area (Å²) in [6.07, 6.45) is -6.34. The lowest BCUT2D eigenvalue weighted by Gasteiger charge is -2.31. The van der Waals surface area contributed by atoms with E-state index in [1.807, 2.05) is 0 Å². The molecular formula is C23H26F6N6O2. The van der Waals surface area contributed by atoms with E-state index in [2.05, 4.69) is 15.0 Å². The molecule has 0 radical (unpaired) electrons. The molecule has 8 nitrogen and oxygen atoms in total. The third-order valence-corrected chi connectivity index (χ3v) is 5.88. The second kappa shape index (κ2) is 10.8. The molecule has 3 heterocycles. The molecule has 0 bridgehead atoms. The second-order valence-electron chi connectivity index (χ2n) is 8.35. The van der Waals surface area contributed by atoms with E-state index in [9.17, 15) is 31.1 Å². The van der Waals surface area contributed by atoms with E-state index in [4.69, 9.17) is 4.74 Å². The highest BCUT2D eigenvalue weighted by molar-refractivity contribution is 5.75. The molecule has 0 saturated heterocycles. The van der Waals surface area contributed by atoms with Gasteiger partial charge in [-0.05, 0) is 38.8 Å². The number of nitrogens with zero attached hydrogens (tertiary/aromatic N) is 5. The van der Waals surface area contributed by atoms with Crippen molar-refractivity contribution in [3.05, 3.63) is 42.1 Å². The molecule has 0 aliphatic carbocycles. The summed E-state index contributed by atoms with van der Waals surface area (Å²) in [5, 5.41) is 1.72. The number of methoxy groups -OCH3 is 1. The van der Waals surface area contributed by atoms with Crippen LogP contribution in [0.5, 0.6) is 5.88 Å². The van der Waals surface area contributed by atoms with Gasteiger partial charge < -0.3 is 19.4 Å². The van der Waals surface area contributed by atoms with Gasteiger partial charge in [0.1, 0.15) is 6.04 Å². The number of ether oxygens (including phenoxy) is 1. The third kappa shape index (κ3) is 6.60. The number of rotatable bonds is 8. The molecule has 0 fully saturated rings. The molecule has 2 atom stereocenters. The topological polar surface area (TPSA) is 84.7 Å². The molecule has 0 aliphatic heterocycles. The molecule has 0 aromatic carbocycles. The summed E-state index contributed by atoms with van der Waals surface area (Å²) in [5.41, 5.74) is 2.66. The minimum absolute atomic E-state index is 0.00682. The number of urea groups is 1. The standard InChI is InChI=1S/C23H26F6N6O2/c1-5-35(21(36)33-18(23(27,28)29)6-7-22(24,25)26)14(3)15-10-16(13(2)31-11-15)17-12-34-9-8-30-19(34)20(32-17)37-4/h8-12,14,18H,5-7H2,1-4H3,(H,33,36)/t14-,18?/m1/s1. The highest BCUT2D eigenvalue weighted by atomic mass is 19.4. The van der Waals surface area contributed by atoms with Gasteiger partial charge in [-0.25, -0.2) is 14.8 Å². The number of aromatic nitrogens is 4. The van der Waals surface area contributed by atoms with Crippen molar-refractivity contribution in [1.82, 2.24) is 29.6 Å². The summed E-state index contributed by atoms with van der Waals surface area (Å²) >= 11 is 0. The fraction of sp³-hybridized carbons (Fsp3) is 0.478. The van der Waals surface area contributed by atoms with Gasteiger partial charge in [0.2, 0.25) is 0 Å². The third-order valence-electron chi connectivity index (χ3n) is 5.88. The smallest absolute Gasteiger partial charge is 0.408 e. The number of nitrogens with one attached hydrogen (secondary N) is 1. The predicted octanol–water partition coefficient (Wildman–Crippen LogP) is 5.47. The van der Waals surface area contributed by atoms with Crippen LogP contribution in [0.1, 0.15) is 44.0 Å². The average Bonchev–Trinajstić information content (AvgIpc) is 3.29. The van der Waals surface area contributed by atoms with Crippen molar-refractivity contribution >= 4 is 11.7 Å². The van der Waals surface area contributed by atoms with Gasteiger partial charge in [0.05, 0.1) is 18.8 Å². The monoisotopic (exact) mass is 532 g/mol. The van der Waals surface area contributed by atoms with Crippen LogP contribution in [-0.4, -0.2) is 62.3 Å². The van der Waals surface area contributed by atoms with Gasteiger partial charge in [-0.15, -0.1) is 0 Å². The lowest BCUT2D eigenvalue weighted by Crippen LogP contribution is -2.51. The first-order chi connectivity index (χ1) is 17.2. The molecule has 3 aromatic rings. The first kappa shape index (κ1) is 28.0. The minimum Gasteiger partial charge on any atom is -0.478 e. The fourth-order valence-electron chi connectivity index (χ4n) is 3.84. The molecule has 0 aliphatic rings. The van der Waals surface area contributed by atoms with Crippen LogP contribution in [0.3, 0.4) is 0 Å². The molecule has 37 heavy (non-hydrogen) atoms. The number of imidazole rings is 1. The Balaban J connectivity index is 1.88. The molecule has 14 heteroatoms. The largest absolute Gasteiger partial charge is 0.478 e. The zero-order valence-corrected chi connectivity index (χ0v) is 20.5. The Morgan fingerprint density at radius 3 is 2.51 bits per heavy atom. The number of hydrogen-bond donors (Lipinski definition) is 1. The number of alkyl halides is 6. The molecule has 0 saturated carbocycles. The number of aryl methyl sites for hydroxylation is 1. The highest BCUT2D eigenvalue weighted by Crippen LogP contribution is 2.31. The van der Waals surface area contributed by atoms with Crippen LogP contribution in [0.4, 0.5) is 31.1 Å². The van der Waals surface area contributed by atoms with Crippen LogP contribution in [0.2, 0.25) is 0 Å². The molecule has 1 unspecified atom stereocenters. The number of hydrogen-bond acceptors (Lipinski definition) is 5. The number of amides is 2. The first-order valence-electron chi connectivity index (χ1n) is 11.3. The zero-order valence-electron chi connectivity index (χ0n) is 20.5. The Bertz CT molecular complexity index is 1240. The number of fused-ring (bicyclic) bond motifs is 1. The van der Waals surface area contributed by atoms with Gasteiger partial charge in [-0.3, -0.25) is 4.98 Å². The summed E-state index contributed by atoms with van der Waals surface area (Å²) < 4.78 is 84.6. The predicted molar refractivity (Wildman–Crippen MR) is 122 cm³/mol. The number of carbonyl (C=O) groups is 1. The number of carbonyl (C=O) groups excluding carboxylic acids is 1. The van der Waals surface area contributed by atoms with E-state index < -0.39 is 43.3 Å². The van der Waals surface area contributed by atoms with Crippen molar-refractivity contribution in [3.63, 3.8) is 0 Å². The molecule has 3 aromatic heterocycles. The van der Waals surface area contributed by atoms with E-state index >= 15 is 0 Å². The highest BCUT2D eigenvalue weighted by Gasteiger charge is 2.43. The van der Waals surface area contributed by atoms with Crippen LogP contribution in [0.15, 0.2) is 30.9 Å². The normalized spacial score (nSPS) is 13.9. The molecule has 3 rings (SSSR count). The van der Waals surface area contributed by atoms with Crippen LogP contribution < -0.4 is 10.1 Å². The quantitative estimate of drug-likeness (QED) is 0.389. The molecule has 1 N–H and O–H groups in total. The summed E-state index contributed by atoms with van der Waals surface area (Å²) in [6.45, 7) is 4.88. The van der Waals surface area contributed by atoms with Gasteiger partial charge in [0.25, 0.3) is 5.88 Å². The maximum absolute atomic E-state index is 13.3. The average molecular weight is 532 g/mol. The summed E-state index contributed by atoms with van der Waals surface area (Å²) in [6, 6.07) is -2.83. The zero-order chi connectivity index (χ0) is 27.5. The lowest BCUT2D eigenvalue weighted by molar-refractivity contribution is -0.171. The van der Waals surface area contributed by atoms with Crippen LogP contribution in [0, 0.1) is 6.92 Å². The van der Waals surface area contributed by atoms with Gasteiger partial charge in [-0.1, -0.05) is 0 Å². The number of halogens is 6. The van der Waals surface area contributed by atoms with Gasteiger partial charge in [-0.2, -0.15) is 26.3 Å². The van der Waals surface area contributed by atoms with Gasteiger partial charge in [0, 0.05) is 49.0 Å². The Hall–Kier alpha value is -3.58. The van der Waals surface area contributed by atoms with Crippen molar-refractivity contribution < 1.29 is 35.9 Å². The Morgan fingerprint density at radius 1 is 1.22 bits per heavy atom. The van der Waals surface area contributed by atoms with Crippen molar-refractivity contribution in [3.8, 4) is 17.1 Å². The Labute approximate surface area is 208 Å². The maximum atomic E-state index is 13.3. The molecule has 2 amide bonds. The lowest BCUT2D eigenvalue weighted by atomic mass is 10.0. The van der Waals surface area contributed by atoms with Crippen molar-refractivity contribution in [2.75, 3.05) is 13.7 Å². The molecular weight excluding hydrogens is 506 g/mol. The summed E-state index contributed by atoms with van der Waals surface area (Å²) in [4.78, 5) is 26.9. The molecule has 202 valence electrons. The minimum atomic E-state index is -5.04. The Morgan fingerprint density at radius 2 is 1.92 bits per heavy atom. The summed E-state index contributed by atoms with van der Waals surface area (Å²) in [5.74, 6) is 0.270. The Kier molecular flexibility index (Phi) is 8.18. The van der Waals surface area contributed by atoms with E-state index in [1.165, 1.54) is 13.3 Å². The van der Waals surface area contributed by atoms with E-state index in [0.717, 1.165) is 4.90 Å². The van der Waals surface area contributed by atoms with Gasteiger partial charge in [0.15, 0.2) is 5.65 Å². The maximum Gasteiger partial charge on any atom is 0.408 e. The van der Waals surface area contributed by atoms with Crippen molar-refractivity contribution in [1.29, 1.82) is 0 Å². The molecule has 0 spiro atoms. The van der Waals surface area contributed by atoms with Crippen LogP contribution in [0.25, 0.3) is 16.9 Å². The van der Waals surface area contributed by atoms with Crippen LogP contribution >= 0.6 is 0 Å². The van der Waals surface area contributed by atoms with Crippen molar-refractivity contribution in [2.24, 2.45) is 0 Å². The number of pyridine rings is 1. The second-order valence-corrected chi connectivity index (χ2v) is 8.35. The summed E-state index contributed by atoms with van der Waals surface area (Å²) in [7, 11) is 1.45.